The van der Waals surface area contributed by atoms with Crippen LogP contribution in [0.4, 0.5) is 11.4 Å². The minimum Gasteiger partial charge on any atom is -0.379 e. The molecule has 0 amide bonds. The number of halogens is 1. The smallest absolute Gasteiger partial charge is 0.232 e. The largest absolute Gasteiger partial charge is 0.379 e. The van der Waals surface area contributed by atoms with Gasteiger partial charge in [-0.25, -0.2) is 8.42 Å². The normalized spacial score (nSPS) is 11.1. The number of hydrogen-bond acceptors (Lipinski definition) is 4. The van der Waals surface area contributed by atoms with E-state index in [9.17, 15) is 8.42 Å². The second kappa shape index (κ2) is 6.91. The Morgan fingerprint density at radius 3 is 2.33 bits per heavy atom. The molecule has 0 aliphatic rings. The summed E-state index contributed by atoms with van der Waals surface area (Å²) >= 11 is 3.34. The van der Waals surface area contributed by atoms with Crippen molar-refractivity contribution in [2.45, 2.75) is 13.5 Å². The summed E-state index contributed by atoms with van der Waals surface area (Å²) in [5.74, 6) is 0.0578. The summed E-state index contributed by atoms with van der Waals surface area (Å²) in [6.07, 6.45) is 1.75. The van der Waals surface area contributed by atoms with E-state index in [1.807, 2.05) is 24.3 Å². The van der Waals surface area contributed by atoms with E-state index in [4.69, 9.17) is 0 Å². The van der Waals surface area contributed by atoms with Crippen molar-refractivity contribution >= 4 is 37.3 Å². The van der Waals surface area contributed by atoms with Crippen molar-refractivity contribution in [1.82, 2.24) is 4.98 Å². The Morgan fingerprint density at radius 1 is 1.10 bits per heavy atom. The summed E-state index contributed by atoms with van der Waals surface area (Å²) < 4.78 is 26.4. The van der Waals surface area contributed by atoms with Crippen LogP contribution in [0.2, 0.25) is 0 Å². The van der Waals surface area contributed by atoms with Crippen molar-refractivity contribution < 1.29 is 8.42 Å². The molecule has 7 heteroatoms. The molecule has 0 saturated carbocycles. The first-order chi connectivity index (χ1) is 9.98. The predicted octanol–water partition coefficient (Wildman–Crippen LogP) is 3.22. The van der Waals surface area contributed by atoms with Gasteiger partial charge >= 0.3 is 0 Å². The third-order valence-corrected chi connectivity index (χ3v) is 4.58. The van der Waals surface area contributed by atoms with Crippen molar-refractivity contribution in [3.8, 4) is 0 Å². The van der Waals surface area contributed by atoms with Gasteiger partial charge in [-0.15, -0.1) is 0 Å². The molecule has 0 spiro atoms. The van der Waals surface area contributed by atoms with Crippen LogP contribution in [-0.4, -0.2) is 19.2 Å². The number of benzene rings is 1. The van der Waals surface area contributed by atoms with Crippen LogP contribution in [0.3, 0.4) is 0 Å². The lowest BCUT2D eigenvalue weighted by Crippen LogP contribution is -2.14. The highest BCUT2D eigenvalue weighted by Crippen LogP contribution is 2.16. The molecule has 2 rings (SSSR count). The molecule has 2 aromatic rings. The molecule has 0 unspecified atom stereocenters. The minimum atomic E-state index is -3.23. The highest BCUT2D eigenvalue weighted by Gasteiger charge is 2.06. The van der Waals surface area contributed by atoms with Crippen LogP contribution in [0.5, 0.6) is 0 Å². The molecule has 0 bridgehead atoms. The van der Waals surface area contributed by atoms with E-state index in [1.165, 1.54) is 0 Å². The zero-order valence-electron chi connectivity index (χ0n) is 11.5. The van der Waals surface area contributed by atoms with Crippen molar-refractivity contribution in [2.24, 2.45) is 0 Å². The number of nitrogens with one attached hydrogen (secondary N) is 2. The molecule has 0 atom stereocenters. The first-order valence-corrected chi connectivity index (χ1v) is 8.88. The molecular formula is C14H16BrN3O2S. The lowest BCUT2D eigenvalue weighted by atomic mass is 10.3. The van der Waals surface area contributed by atoms with Gasteiger partial charge in [-0.3, -0.25) is 9.71 Å². The van der Waals surface area contributed by atoms with Crippen LogP contribution < -0.4 is 10.0 Å². The maximum atomic E-state index is 11.5. The molecular weight excluding hydrogens is 354 g/mol. The standard InChI is InChI=1S/C14H16BrN3O2S/c1-2-21(19,20)18-13-7-5-12(6-8-13)17-10-14-4-3-11(15)9-16-14/h3-9,17-18H,2,10H2,1H3. The Balaban J connectivity index is 1.95. The fraction of sp³-hybridized carbons (Fsp3) is 0.214. The Bertz CT molecular complexity index is 685. The van der Waals surface area contributed by atoms with E-state index in [-0.39, 0.29) is 5.75 Å². The first-order valence-electron chi connectivity index (χ1n) is 6.43. The SMILES string of the molecule is CCS(=O)(=O)Nc1ccc(NCc2ccc(Br)cn2)cc1. The number of anilines is 2. The Morgan fingerprint density at radius 2 is 1.76 bits per heavy atom. The third kappa shape index (κ3) is 5.02. The summed E-state index contributed by atoms with van der Waals surface area (Å²) in [5, 5.41) is 3.23. The molecule has 5 nitrogen and oxygen atoms in total. The van der Waals surface area contributed by atoms with Crippen molar-refractivity contribution in [1.29, 1.82) is 0 Å². The number of pyridine rings is 1. The third-order valence-electron chi connectivity index (χ3n) is 2.80. The molecule has 0 fully saturated rings. The highest BCUT2D eigenvalue weighted by molar-refractivity contribution is 9.10. The number of rotatable bonds is 6. The summed E-state index contributed by atoms with van der Waals surface area (Å²) in [6, 6.07) is 11.0. The topological polar surface area (TPSA) is 71.1 Å². The zero-order valence-corrected chi connectivity index (χ0v) is 13.9. The quantitative estimate of drug-likeness (QED) is 0.819. The highest BCUT2D eigenvalue weighted by atomic mass is 79.9. The second-order valence-electron chi connectivity index (χ2n) is 4.40. The molecule has 2 N–H and O–H groups in total. The van der Waals surface area contributed by atoms with E-state index in [0.717, 1.165) is 15.9 Å². The van der Waals surface area contributed by atoms with E-state index in [1.54, 1.807) is 25.3 Å². The van der Waals surface area contributed by atoms with E-state index in [2.05, 4.69) is 31.0 Å². The Kier molecular flexibility index (Phi) is 5.19. The van der Waals surface area contributed by atoms with Crippen LogP contribution in [0.1, 0.15) is 12.6 Å². The van der Waals surface area contributed by atoms with Crippen molar-refractivity contribution in [3.05, 3.63) is 52.8 Å². The van der Waals surface area contributed by atoms with Crippen LogP contribution in [0.25, 0.3) is 0 Å². The molecule has 0 saturated heterocycles. The Hall–Kier alpha value is -1.60. The van der Waals surface area contributed by atoms with Gasteiger partial charge in [-0.2, -0.15) is 0 Å². The zero-order chi connectivity index (χ0) is 15.3. The van der Waals surface area contributed by atoms with Gasteiger partial charge < -0.3 is 5.32 Å². The molecule has 0 aliphatic carbocycles. The van der Waals surface area contributed by atoms with Crippen LogP contribution in [0, 0.1) is 0 Å². The van der Waals surface area contributed by atoms with Crippen LogP contribution in [-0.2, 0) is 16.6 Å². The fourth-order valence-electron chi connectivity index (χ4n) is 1.61. The molecule has 1 aromatic carbocycles. The second-order valence-corrected chi connectivity index (χ2v) is 7.33. The average molecular weight is 370 g/mol. The summed E-state index contributed by atoms with van der Waals surface area (Å²) in [5.41, 5.74) is 2.39. The van der Waals surface area contributed by atoms with Gasteiger partial charge in [0.25, 0.3) is 0 Å². The lowest BCUT2D eigenvalue weighted by molar-refractivity contribution is 0.602. The fourth-order valence-corrected chi connectivity index (χ4v) is 2.49. The van der Waals surface area contributed by atoms with Gasteiger partial charge in [0.1, 0.15) is 0 Å². The van der Waals surface area contributed by atoms with E-state index in [0.29, 0.717) is 12.2 Å². The van der Waals surface area contributed by atoms with Crippen LogP contribution in [0.15, 0.2) is 47.1 Å². The predicted molar refractivity (Wildman–Crippen MR) is 88.8 cm³/mol. The van der Waals surface area contributed by atoms with Gasteiger partial charge in [0, 0.05) is 22.0 Å². The Labute approximate surface area is 133 Å². The molecule has 21 heavy (non-hydrogen) atoms. The number of hydrogen-bond donors (Lipinski definition) is 2. The van der Waals surface area contributed by atoms with Gasteiger partial charge in [0.15, 0.2) is 0 Å². The maximum absolute atomic E-state index is 11.5. The first kappa shape index (κ1) is 15.8. The number of sulfonamides is 1. The maximum Gasteiger partial charge on any atom is 0.232 e. The van der Waals surface area contributed by atoms with Crippen LogP contribution >= 0.6 is 15.9 Å². The van der Waals surface area contributed by atoms with Gasteiger partial charge in [-0.05, 0) is 59.3 Å². The van der Waals surface area contributed by atoms with Crippen molar-refractivity contribution in [3.63, 3.8) is 0 Å². The van der Waals surface area contributed by atoms with Gasteiger partial charge in [-0.1, -0.05) is 0 Å². The summed E-state index contributed by atoms with van der Waals surface area (Å²) in [6.45, 7) is 2.21. The average Bonchev–Trinajstić information content (AvgIpc) is 2.48. The summed E-state index contributed by atoms with van der Waals surface area (Å²) in [7, 11) is -3.23. The van der Waals surface area contributed by atoms with Gasteiger partial charge in [0.2, 0.25) is 10.0 Å². The van der Waals surface area contributed by atoms with E-state index >= 15 is 0 Å². The number of aromatic nitrogens is 1. The van der Waals surface area contributed by atoms with E-state index < -0.39 is 10.0 Å². The summed E-state index contributed by atoms with van der Waals surface area (Å²) in [4.78, 5) is 4.27. The molecule has 0 radical (unpaired) electrons. The van der Waals surface area contributed by atoms with Crippen molar-refractivity contribution in [2.75, 3.05) is 15.8 Å². The number of nitrogens with zero attached hydrogens (tertiary/aromatic N) is 1. The monoisotopic (exact) mass is 369 g/mol. The lowest BCUT2D eigenvalue weighted by Gasteiger charge is -2.09. The minimum absolute atomic E-state index is 0.0578. The molecule has 1 aromatic heterocycles. The van der Waals surface area contributed by atoms with Gasteiger partial charge in [0.05, 0.1) is 18.0 Å². The molecule has 1 heterocycles. The molecule has 112 valence electrons. The molecule has 0 aliphatic heterocycles.